The van der Waals surface area contributed by atoms with E-state index in [1.165, 1.54) is 11.4 Å². The largest absolute Gasteiger partial charge is 0.373 e. The fourth-order valence-electron chi connectivity index (χ4n) is 3.37. The minimum atomic E-state index is 0.338. The van der Waals surface area contributed by atoms with Crippen LogP contribution in [0.3, 0.4) is 0 Å². The van der Waals surface area contributed by atoms with Crippen molar-refractivity contribution in [3.8, 4) is 0 Å². The van der Waals surface area contributed by atoms with E-state index in [9.17, 15) is 0 Å². The number of nitrogens with one attached hydrogen (secondary N) is 1. The summed E-state index contributed by atoms with van der Waals surface area (Å²) in [5.41, 5.74) is 2.39. The van der Waals surface area contributed by atoms with Crippen LogP contribution in [0.25, 0.3) is 0 Å². The summed E-state index contributed by atoms with van der Waals surface area (Å²) in [5, 5.41) is 8.09. The molecule has 6 nitrogen and oxygen atoms in total. The normalized spacial score (nSPS) is 23.0. The van der Waals surface area contributed by atoms with Crippen LogP contribution in [0, 0.1) is 6.92 Å². The number of rotatable bonds is 6. The number of morpholine rings is 1. The maximum absolute atomic E-state index is 5.77. The molecule has 2 atom stereocenters. The first kappa shape index (κ1) is 17.2. The first-order chi connectivity index (χ1) is 10.4. The maximum atomic E-state index is 5.77. The lowest BCUT2D eigenvalue weighted by atomic mass is 10.2. The number of hydrogen-bond acceptors (Lipinski definition) is 5. The van der Waals surface area contributed by atoms with Gasteiger partial charge in [0, 0.05) is 59.4 Å². The number of aromatic nitrogens is 2. The van der Waals surface area contributed by atoms with Gasteiger partial charge in [0.25, 0.3) is 0 Å². The van der Waals surface area contributed by atoms with Crippen molar-refractivity contribution >= 4 is 5.82 Å². The summed E-state index contributed by atoms with van der Waals surface area (Å²) in [7, 11) is 6.13. The van der Waals surface area contributed by atoms with Gasteiger partial charge in [-0.1, -0.05) is 0 Å². The van der Waals surface area contributed by atoms with Crippen LogP contribution in [0.15, 0.2) is 0 Å². The topological polar surface area (TPSA) is 45.6 Å². The molecule has 0 amide bonds. The van der Waals surface area contributed by atoms with Crippen LogP contribution in [0.2, 0.25) is 0 Å². The minimum Gasteiger partial charge on any atom is -0.373 e. The van der Waals surface area contributed by atoms with Gasteiger partial charge < -0.3 is 15.0 Å². The van der Waals surface area contributed by atoms with E-state index < -0.39 is 0 Å². The predicted octanol–water partition coefficient (Wildman–Crippen LogP) is 0.993. The van der Waals surface area contributed by atoms with Crippen molar-refractivity contribution in [1.82, 2.24) is 20.0 Å². The van der Waals surface area contributed by atoms with Crippen LogP contribution in [0.4, 0.5) is 5.82 Å². The molecule has 0 saturated carbocycles. The van der Waals surface area contributed by atoms with E-state index in [1.807, 2.05) is 11.7 Å². The van der Waals surface area contributed by atoms with E-state index >= 15 is 0 Å². The SMILES string of the molecule is Cc1nn(C)c(N(C)C)c1CNCCN1C[C@@H](C)O[C@@H](C)C1. The van der Waals surface area contributed by atoms with Gasteiger partial charge in [0.2, 0.25) is 0 Å². The summed E-state index contributed by atoms with van der Waals surface area (Å²) in [6.45, 7) is 11.4. The maximum Gasteiger partial charge on any atom is 0.130 e. The monoisotopic (exact) mass is 309 g/mol. The summed E-state index contributed by atoms with van der Waals surface area (Å²) >= 11 is 0. The first-order valence-electron chi connectivity index (χ1n) is 8.16. The van der Waals surface area contributed by atoms with Gasteiger partial charge in [-0.25, -0.2) is 0 Å². The summed E-state index contributed by atoms with van der Waals surface area (Å²) < 4.78 is 7.73. The average Bonchev–Trinajstić information content (AvgIpc) is 2.68. The molecule has 1 aliphatic rings. The van der Waals surface area contributed by atoms with Crippen LogP contribution in [0.5, 0.6) is 0 Å². The third-order valence-electron chi connectivity index (χ3n) is 4.14. The van der Waals surface area contributed by atoms with E-state index in [2.05, 4.69) is 55.1 Å². The molecule has 22 heavy (non-hydrogen) atoms. The van der Waals surface area contributed by atoms with Crippen molar-refractivity contribution < 1.29 is 4.74 Å². The number of anilines is 1. The van der Waals surface area contributed by atoms with Crippen molar-refractivity contribution in [1.29, 1.82) is 0 Å². The van der Waals surface area contributed by atoms with Gasteiger partial charge in [0.15, 0.2) is 0 Å². The predicted molar refractivity (Wildman–Crippen MR) is 90.4 cm³/mol. The summed E-state index contributed by atoms with van der Waals surface area (Å²) in [5.74, 6) is 1.18. The van der Waals surface area contributed by atoms with E-state index in [-0.39, 0.29) is 0 Å². The number of hydrogen-bond donors (Lipinski definition) is 1. The molecule has 0 radical (unpaired) electrons. The van der Waals surface area contributed by atoms with E-state index in [1.54, 1.807) is 0 Å². The lowest BCUT2D eigenvalue weighted by Gasteiger charge is -2.35. The third kappa shape index (κ3) is 4.21. The Hall–Kier alpha value is -1.11. The Labute approximate surface area is 134 Å². The molecule has 2 rings (SSSR count). The number of nitrogens with zero attached hydrogens (tertiary/aromatic N) is 4. The molecule has 0 bridgehead atoms. The second-order valence-corrected chi connectivity index (χ2v) is 6.60. The zero-order chi connectivity index (χ0) is 16.3. The Morgan fingerprint density at radius 1 is 1.27 bits per heavy atom. The lowest BCUT2D eigenvalue weighted by Crippen LogP contribution is -2.47. The molecule has 1 N–H and O–H groups in total. The molecule has 1 aromatic rings. The molecule has 1 aliphatic heterocycles. The molecule has 1 aromatic heterocycles. The number of ether oxygens (including phenoxy) is 1. The van der Waals surface area contributed by atoms with Crippen molar-refractivity contribution in [3.63, 3.8) is 0 Å². The molecule has 2 heterocycles. The summed E-state index contributed by atoms with van der Waals surface area (Å²) in [6, 6.07) is 0. The van der Waals surface area contributed by atoms with Crippen LogP contribution in [0.1, 0.15) is 25.1 Å². The summed E-state index contributed by atoms with van der Waals surface area (Å²) in [6.07, 6.45) is 0.675. The molecular formula is C16H31N5O. The van der Waals surface area contributed by atoms with Gasteiger partial charge in [0.1, 0.15) is 5.82 Å². The van der Waals surface area contributed by atoms with E-state index in [0.717, 1.165) is 38.4 Å². The Morgan fingerprint density at radius 2 is 1.91 bits per heavy atom. The standard InChI is InChI=1S/C16H31N5O/c1-12-10-21(11-13(2)22-12)8-7-17-9-15-14(3)18-20(6)16(15)19(4)5/h12-13,17H,7-11H2,1-6H3/t12-,13+. The smallest absolute Gasteiger partial charge is 0.130 e. The molecule has 1 fully saturated rings. The fourth-order valence-corrected chi connectivity index (χ4v) is 3.37. The summed E-state index contributed by atoms with van der Waals surface area (Å²) in [4.78, 5) is 4.61. The van der Waals surface area contributed by atoms with E-state index in [0.29, 0.717) is 12.2 Å². The molecule has 6 heteroatoms. The minimum absolute atomic E-state index is 0.338. The van der Waals surface area contributed by atoms with Crippen LogP contribution in [-0.2, 0) is 18.3 Å². The highest BCUT2D eigenvalue weighted by Gasteiger charge is 2.21. The molecule has 0 aromatic carbocycles. The zero-order valence-electron chi connectivity index (χ0n) is 14.9. The second-order valence-electron chi connectivity index (χ2n) is 6.60. The lowest BCUT2D eigenvalue weighted by molar-refractivity contribution is -0.0674. The van der Waals surface area contributed by atoms with Crippen molar-refractivity contribution in [2.45, 2.75) is 39.5 Å². The Morgan fingerprint density at radius 3 is 2.50 bits per heavy atom. The zero-order valence-corrected chi connectivity index (χ0v) is 14.9. The molecular weight excluding hydrogens is 278 g/mol. The van der Waals surface area contributed by atoms with Gasteiger partial charge in [0.05, 0.1) is 17.9 Å². The second kappa shape index (κ2) is 7.44. The third-order valence-corrected chi connectivity index (χ3v) is 4.14. The van der Waals surface area contributed by atoms with Gasteiger partial charge in [-0.2, -0.15) is 5.10 Å². The average molecular weight is 309 g/mol. The van der Waals surface area contributed by atoms with Crippen LogP contribution in [-0.4, -0.2) is 67.2 Å². The van der Waals surface area contributed by atoms with Gasteiger partial charge in [-0.3, -0.25) is 9.58 Å². The molecule has 0 unspecified atom stereocenters. The molecule has 0 aliphatic carbocycles. The number of aryl methyl sites for hydroxylation is 2. The van der Waals surface area contributed by atoms with Gasteiger partial charge >= 0.3 is 0 Å². The highest BCUT2D eigenvalue weighted by molar-refractivity contribution is 5.48. The van der Waals surface area contributed by atoms with Crippen LogP contribution < -0.4 is 10.2 Å². The highest BCUT2D eigenvalue weighted by atomic mass is 16.5. The molecule has 0 spiro atoms. The quantitative estimate of drug-likeness (QED) is 0.794. The molecule has 1 saturated heterocycles. The Kier molecular flexibility index (Phi) is 5.83. The van der Waals surface area contributed by atoms with E-state index in [4.69, 9.17) is 4.74 Å². The van der Waals surface area contributed by atoms with Crippen molar-refractivity contribution in [2.24, 2.45) is 7.05 Å². The van der Waals surface area contributed by atoms with Gasteiger partial charge in [-0.15, -0.1) is 0 Å². The van der Waals surface area contributed by atoms with Gasteiger partial charge in [-0.05, 0) is 20.8 Å². The Bertz CT molecular complexity index is 475. The van der Waals surface area contributed by atoms with Crippen molar-refractivity contribution in [3.05, 3.63) is 11.3 Å². The van der Waals surface area contributed by atoms with Crippen molar-refractivity contribution in [2.75, 3.05) is 45.2 Å². The van der Waals surface area contributed by atoms with Crippen LogP contribution >= 0.6 is 0 Å². The highest BCUT2D eigenvalue weighted by Crippen LogP contribution is 2.20. The first-order valence-corrected chi connectivity index (χ1v) is 8.16. The fraction of sp³-hybridized carbons (Fsp3) is 0.812. The Balaban J connectivity index is 1.82. The molecule has 126 valence electrons.